The summed E-state index contributed by atoms with van der Waals surface area (Å²) in [4.78, 5) is 50.1. The van der Waals surface area contributed by atoms with Crippen molar-refractivity contribution in [2.75, 3.05) is 25.5 Å². The Morgan fingerprint density at radius 3 is 2.59 bits per heavy atom. The van der Waals surface area contributed by atoms with Gasteiger partial charge in [0.2, 0.25) is 11.8 Å². The fraction of sp³-hybridized carbons (Fsp3) is 0.359. The third-order valence-electron chi connectivity index (χ3n) is 11.1. The molecule has 1 amide bonds. The largest absolute Gasteiger partial charge is 0.481 e. The Labute approximate surface area is 300 Å². The Balaban J connectivity index is 1.12. The van der Waals surface area contributed by atoms with Gasteiger partial charge in [0.15, 0.2) is 0 Å². The average molecular weight is 706 g/mol. The van der Waals surface area contributed by atoms with Crippen LogP contribution in [0.4, 0.5) is 11.5 Å². The van der Waals surface area contributed by atoms with Crippen LogP contribution in [0.2, 0.25) is 5.02 Å². The molecule has 5 aromatic rings. The summed E-state index contributed by atoms with van der Waals surface area (Å²) < 4.78 is 8.50. The molecular formula is C39H40ClN7O4. The molecule has 2 saturated heterocycles. The summed E-state index contributed by atoms with van der Waals surface area (Å²) in [6.07, 6.45) is 7.03. The number of hydrogen-bond donors (Lipinski definition) is 2. The summed E-state index contributed by atoms with van der Waals surface area (Å²) in [5, 5.41) is 7.58. The lowest BCUT2D eigenvalue weighted by Crippen LogP contribution is -2.53. The smallest absolute Gasteiger partial charge is 0.330 e. The highest BCUT2D eigenvalue weighted by Gasteiger charge is 2.45. The molecule has 0 bridgehead atoms. The fourth-order valence-corrected chi connectivity index (χ4v) is 8.80. The molecule has 8 rings (SSSR count). The third kappa shape index (κ3) is 5.50. The molecular weight excluding hydrogens is 666 g/mol. The van der Waals surface area contributed by atoms with Gasteiger partial charge in [-0.25, -0.2) is 14.8 Å². The van der Waals surface area contributed by atoms with E-state index in [1.54, 1.807) is 26.4 Å². The van der Waals surface area contributed by atoms with Gasteiger partial charge in [-0.1, -0.05) is 41.9 Å². The molecule has 1 spiro atoms. The fourth-order valence-electron chi connectivity index (χ4n) is 8.47. The number of carbonyl (C=O) groups excluding carboxylic acids is 1. The van der Waals surface area contributed by atoms with Gasteiger partial charge in [0.25, 0.3) is 5.56 Å². The van der Waals surface area contributed by atoms with Gasteiger partial charge in [-0.15, -0.1) is 0 Å². The predicted octanol–water partition coefficient (Wildman–Crippen LogP) is 5.81. The first-order chi connectivity index (χ1) is 24.6. The number of methoxy groups -OCH3 is 1. The molecule has 1 aliphatic carbocycles. The number of nitrogens with zero attached hydrogens (tertiary/aromatic N) is 5. The number of aryl methyl sites for hydroxylation is 2. The quantitative estimate of drug-likeness (QED) is 0.227. The van der Waals surface area contributed by atoms with Gasteiger partial charge in [-0.2, -0.15) is 0 Å². The van der Waals surface area contributed by atoms with Gasteiger partial charge in [-0.3, -0.25) is 23.6 Å². The number of carbonyl (C=O) groups is 1. The number of pyridine rings is 2. The van der Waals surface area contributed by atoms with Crippen molar-refractivity contribution < 1.29 is 9.53 Å². The maximum Gasteiger partial charge on any atom is 0.330 e. The second-order valence-electron chi connectivity index (χ2n) is 14.1. The number of anilines is 2. The Bertz CT molecular complexity index is 2370. The van der Waals surface area contributed by atoms with Gasteiger partial charge in [0.1, 0.15) is 11.2 Å². The van der Waals surface area contributed by atoms with Crippen molar-refractivity contribution in [3.8, 4) is 28.3 Å². The number of benzene rings is 2. The zero-order chi connectivity index (χ0) is 35.6. The van der Waals surface area contributed by atoms with Crippen LogP contribution in [-0.2, 0) is 25.3 Å². The van der Waals surface area contributed by atoms with Crippen LogP contribution in [0.5, 0.6) is 5.88 Å². The summed E-state index contributed by atoms with van der Waals surface area (Å²) in [6.45, 7) is 3.78. The van der Waals surface area contributed by atoms with Gasteiger partial charge >= 0.3 is 5.69 Å². The van der Waals surface area contributed by atoms with Gasteiger partial charge in [-0.05, 0) is 73.9 Å². The maximum atomic E-state index is 13.2. The molecule has 2 fully saturated rings. The summed E-state index contributed by atoms with van der Waals surface area (Å²) in [6, 6.07) is 15.9. The number of rotatable bonds is 6. The number of nitrogens with one attached hydrogen (secondary N) is 2. The Kier molecular flexibility index (Phi) is 8.22. The lowest BCUT2D eigenvalue weighted by molar-refractivity contribution is -0.125. The Morgan fingerprint density at radius 2 is 1.78 bits per heavy atom. The molecule has 2 aromatic carbocycles. The molecule has 3 aliphatic rings. The lowest BCUT2D eigenvalue weighted by atomic mass is 9.88. The number of hydrogen-bond acceptors (Lipinski definition) is 8. The van der Waals surface area contributed by atoms with Crippen LogP contribution in [0, 0.1) is 6.92 Å². The minimum Gasteiger partial charge on any atom is -0.481 e. The van der Waals surface area contributed by atoms with E-state index in [2.05, 4.69) is 26.6 Å². The Hall–Kier alpha value is -5.00. The van der Waals surface area contributed by atoms with Crippen molar-refractivity contribution in [1.29, 1.82) is 0 Å². The number of piperidine rings is 1. The summed E-state index contributed by atoms with van der Waals surface area (Å²) in [5.74, 6) is 1.15. The van der Waals surface area contributed by atoms with E-state index in [9.17, 15) is 14.4 Å². The number of aromatic nitrogens is 4. The SMILES string of the molecule is COc1nc(-c2cccc(-c3cccc(Nc4nccc5c4c(=O)n(C)c(=O)n5C)c3C)c2Cl)cc2c1C(N1CC[C@@]3(CCCC(=O)N3)C1)CC2. The average Bonchev–Trinajstić information content (AvgIpc) is 3.74. The number of likely N-dealkylation sites (tertiary alicyclic amines) is 1. The lowest BCUT2D eigenvalue weighted by Gasteiger charge is -2.35. The van der Waals surface area contributed by atoms with Gasteiger partial charge in [0, 0.05) is 68.2 Å². The first-order valence-electron chi connectivity index (χ1n) is 17.4. The molecule has 1 unspecified atom stereocenters. The molecule has 12 heteroatoms. The van der Waals surface area contributed by atoms with E-state index < -0.39 is 11.2 Å². The third-order valence-corrected chi connectivity index (χ3v) is 11.6. The minimum absolute atomic E-state index is 0.125. The van der Waals surface area contributed by atoms with E-state index in [1.165, 1.54) is 17.2 Å². The van der Waals surface area contributed by atoms with E-state index in [0.717, 1.165) is 89.0 Å². The van der Waals surface area contributed by atoms with E-state index in [1.807, 2.05) is 43.3 Å². The monoisotopic (exact) mass is 705 g/mol. The van der Waals surface area contributed by atoms with E-state index in [4.69, 9.17) is 21.3 Å². The second-order valence-corrected chi connectivity index (χ2v) is 14.5. The molecule has 51 heavy (non-hydrogen) atoms. The van der Waals surface area contributed by atoms with Crippen LogP contribution in [0.15, 0.2) is 64.3 Å². The highest BCUT2D eigenvalue weighted by Crippen LogP contribution is 2.47. The highest BCUT2D eigenvalue weighted by molar-refractivity contribution is 6.36. The minimum atomic E-state index is -0.418. The molecule has 2 atom stereocenters. The molecule has 2 aliphatic heterocycles. The number of halogens is 1. The molecule has 262 valence electrons. The van der Waals surface area contributed by atoms with Crippen LogP contribution in [0.3, 0.4) is 0 Å². The van der Waals surface area contributed by atoms with Crippen LogP contribution in [0.1, 0.15) is 54.8 Å². The topological polar surface area (TPSA) is 123 Å². The first kappa shape index (κ1) is 33.2. The van der Waals surface area contributed by atoms with E-state index in [0.29, 0.717) is 34.0 Å². The molecule has 2 N–H and O–H groups in total. The van der Waals surface area contributed by atoms with Crippen molar-refractivity contribution in [3.63, 3.8) is 0 Å². The van der Waals surface area contributed by atoms with Crippen molar-refractivity contribution in [2.45, 2.75) is 57.0 Å². The van der Waals surface area contributed by atoms with Crippen molar-refractivity contribution >= 4 is 39.9 Å². The van der Waals surface area contributed by atoms with Crippen LogP contribution < -0.4 is 26.6 Å². The van der Waals surface area contributed by atoms with E-state index in [-0.39, 0.29) is 17.5 Å². The normalized spacial score (nSPS) is 20.2. The molecule has 0 radical (unpaired) electrons. The van der Waals surface area contributed by atoms with Crippen LogP contribution in [-0.4, -0.2) is 55.6 Å². The number of fused-ring (bicyclic) bond motifs is 2. The molecule has 0 saturated carbocycles. The van der Waals surface area contributed by atoms with Gasteiger partial charge in [0.05, 0.1) is 28.9 Å². The molecule has 3 aromatic heterocycles. The first-order valence-corrected chi connectivity index (χ1v) is 17.8. The highest BCUT2D eigenvalue weighted by atomic mass is 35.5. The number of ether oxygens (including phenoxy) is 1. The van der Waals surface area contributed by atoms with Crippen molar-refractivity contribution in [3.05, 3.63) is 97.3 Å². The van der Waals surface area contributed by atoms with Crippen molar-refractivity contribution in [2.24, 2.45) is 14.1 Å². The maximum absolute atomic E-state index is 13.2. The molecule has 11 nitrogen and oxygen atoms in total. The summed E-state index contributed by atoms with van der Waals surface area (Å²) in [7, 11) is 4.78. The van der Waals surface area contributed by atoms with Crippen molar-refractivity contribution in [1.82, 2.24) is 29.3 Å². The Morgan fingerprint density at radius 1 is 1.00 bits per heavy atom. The summed E-state index contributed by atoms with van der Waals surface area (Å²) >= 11 is 7.25. The van der Waals surface area contributed by atoms with Crippen LogP contribution in [0.25, 0.3) is 33.3 Å². The predicted molar refractivity (Wildman–Crippen MR) is 199 cm³/mol. The van der Waals surface area contributed by atoms with Crippen LogP contribution >= 0.6 is 11.6 Å². The number of amides is 1. The van der Waals surface area contributed by atoms with Gasteiger partial charge < -0.3 is 15.4 Å². The molecule has 5 heterocycles. The second kappa shape index (κ2) is 12.6. The standard InChI is InChI=1S/C39H40ClN7O4/c1-22-24(8-6-11-27(22)42-35-33-29(15-18-41-35)45(2)38(50)46(3)37(33)49)25-9-5-10-26(34(25)40)28-20-23-13-14-30(32(23)36(43-28)51-4)47-19-17-39(21-47)16-7-12-31(48)44-39/h5-6,8-11,15,18,20,30H,7,12-14,16-17,19,21H2,1-4H3,(H,41,42)(H,44,48)/t30?,39-/m0/s1. The zero-order valence-corrected chi connectivity index (χ0v) is 29.9. The summed E-state index contributed by atoms with van der Waals surface area (Å²) in [5.41, 5.74) is 6.89. The zero-order valence-electron chi connectivity index (χ0n) is 29.2. The van der Waals surface area contributed by atoms with E-state index >= 15 is 0 Å².